The summed E-state index contributed by atoms with van der Waals surface area (Å²) in [6.45, 7) is 1.58. The largest absolute Gasteiger partial charge is 0.380 e. The molecular formula is C12H18BrN5O. The van der Waals surface area contributed by atoms with Crippen LogP contribution in [0.5, 0.6) is 0 Å². The van der Waals surface area contributed by atoms with Gasteiger partial charge in [0.25, 0.3) is 0 Å². The van der Waals surface area contributed by atoms with Gasteiger partial charge >= 0.3 is 0 Å². The summed E-state index contributed by atoms with van der Waals surface area (Å²) in [7, 11) is 5.84. The molecule has 7 heteroatoms. The number of aliphatic hydroxyl groups excluding tert-OH is 1. The topological polar surface area (TPSA) is 59.1 Å². The van der Waals surface area contributed by atoms with Crippen molar-refractivity contribution in [1.29, 1.82) is 0 Å². The Bertz CT molecular complexity index is 548. The maximum absolute atomic E-state index is 10.4. The van der Waals surface area contributed by atoms with E-state index in [0.717, 1.165) is 23.3 Å². The van der Waals surface area contributed by atoms with Gasteiger partial charge in [-0.1, -0.05) is 0 Å². The van der Waals surface area contributed by atoms with Crippen molar-refractivity contribution in [2.24, 2.45) is 7.05 Å². The highest BCUT2D eigenvalue weighted by Gasteiger charge is 2.21. The van der Waals surface area contributed by atoms with Gasteiger partial charge in [-0.15, -0.1) is 0 Å². The van der Waals surface area contributed by atoms with Crippen molar-refractivity contribution in [1.82, 2.24) is 24.5 Å². The zero-order chi connectivity index (χ0) is 14.0. The van der Waals surface area contributed by atoms with Crippen molar-refractivity contribution in [3.63, 3.8) is 0 Å². The first-order valence-corrected chi connectivity index (χ1v) is 6.82. The molecule has 0 spiro atoms. The molecule has 1 atom stereocenters. The fraction of sp³-hybridized carbons (Fsp3) is 0.500. The van der Waals surface area contributed by atoms with E-state index in [-0.39, 0.29) is 0 Å². The summed E-state index contributed by atoms with van der Waals surface area (Å²) in [6, 6.07) is 1.81. The van der Waals surface area contributed by atoms with Crippen molar-refractivity contribution in [2.45, 2.75) is 12.6 Å². The third-order valence-corrected chi connectivity index (χ3v) is 3.48. The highest BCUT2D eigenvalue weighted by molar-refractivity contribution is 9.10. The second-order valence-electron chi connectivity index (χ2n) is 4.72. The van der Waals surface area contributed by atoms with Crippen LogP contribution < -0.4 is 0 Å². The number of aryl methyl sites for hydroxylation is 1. The molecular weight excluding hydrogens is 310 g/mol. The van der Waals surface area contributed by atoms with Gasteiger partial charge in [0.1, 0.15) is 6.10 Å². The van der Waals surface area contributed by atoms with Crippen LogP contribution in [0.4, 0.5) is 0 Å². The first-order chi connectivity index (χ1) is 8.99. The Kier molecular flexibility index (Phi) is 4.38. The lowest BCUT2D eigenvalue weighted by Gasteiger charge is -2.15. The van der Waals surface area contributed by atoms with E-state index in [1.165, 1.54) is 0 Å². The molecule has 1 unspecified atom stereocenters. The second-order valence-corrected chi connectivity index (χ2v) is 5.58. The van der Waals surface area contributed by atoms with Crippen LogP contribution in [-0.2, 0) is 13.6 Å². The smallest absolute Gasteiger partial charge is 0.140 e. The molecule has 1 N–H and O–H groups in total. The third-order valence-electron chi connectivity index (χ3n) is 2.87. The summed E-state index contributed by atoms with van der Waals surface area (Å²) in [4.78, 5) is 2.08. The highest BCUT2D eigenvalue weighted by Crippen LogP contribution is 2.27. The zero-order valence-corrected chi connectivity index (χ0v) is 12.9. The summed E-state index contributed by atoms with van der Waals surface area (Å²) < 4.78 is 4.28. The quantitative estimate of drug-likeness (QED) is 0.890. The van der Waals surface area contributed by atoms with E-state index in [1.807, 2.05) is 32.0 Å². The normalized spacial score (nSPS) is 13.2. The van der Waals surface area contributed by atoms with Gasteiger partial charge < -0.3 is 10.0 Å². The Hall–Kier alpha value is -1.18. The molecule has 2 aromatic rings. The molecule has 0 amide bonds. The number of halogens is 1. The number of hydrogen-bond donors (Lipinski definition) is 1. The fourth-order valence-electron chi connectivity index (χ4n) is 1.84. The first-order valence-electron chi connectivity index (χ1n) is 6.02. The Balaban J connectivity index is 2.25. The number of likely N-dealkylation sites (N-methyl/N-ethyl adjacent to an activating group) is 1. The van der Waals surface area contributed by atoms with Gasteiger partial charge in [-0.25, -0.2) is 0 Å². The third kappa shape index (κ3) is 3.23. The molecule has 6 nitrogen and oxygen atoms in total. The lowest BCUT2D eigenvalue weighted by Crippen LogP contribution is -2.21. The van der Waals surface area contributed by atoms with Crippen molar-refractivity contribution >= 4 is 15.9 Å². The van der Waals surface area contributed by atoms with Gasteiger partial charge in [-0.2, -0.15) is 10.2 Å². The molecule has 2 aromatic heterocycles. The minimum absolute atomic E-state index is 0.620. The van der Waals surface area contributed by atoms with E-state index in [1.54, 1.807) is 16.9 Å². The van der Waals surface area contributed by atoms with E-state index in [4.69, 9.17) is 0 Å². The van der Waals surface area contributed by atoms with E-state index < -0.39 is 6.10 Å². The molecule has 0 aliphatic rings. The summed E-state index contributed by atoms with van der Waals surface area (Å²) in [5.74, 6) is 0. The van der Waals surface area contributed by atoms with Gasteiger partial charge in [0, 0.05) is 19.8 Å². The molecule has 2 heterocycles. The predicted molar refractivity (Wildman–Crippen MR) is 75.8 cm³/mol. The number of aliphatic hydroxyl groups is 1. The standard InChI is InChI=1S/C12H18BrN5O/c1-16(2)6-7-18-11(9(13)8-14-18)12(19)10-4-5-17(3)15-10/h4-5,8,12,19H,6-7H2,1-3H3. The van der Waals surface area contributed by atoms with E-state index in [2.05, 4.69) is 31.0 Å². The van der Waals surface area contributed by atoms with Crippen LogP contribution in [-0.4, -0.2) is 50.2 Å². The van der Waals surface area contributed by atoms with E-state index in [0.29, 0.717) is 5.69 Å². The maximum Gasteiger partial charge on any atom is 0.140 e. The van der Waals surface area contributed by atoms with Crippen LogP contribution in [0.1, 0.15) is 17.5 Å². The van der Waals surface area contributed by atoms with Crippen molar-refractivity contribution in [2.75, 3.05) is 20.6 Å². The first kappa shape index (κ1) is 14.2. The van der Waals surface area contributed by atoms with Crippen molar-refractivity contribution < 1.29 is 5.11 Å². The van der Waals surface area contributed by atoms with Crippen LogP contribution in [0.25, 0.3) is 0 Å². The van der Waals surface area contributed by atoms with Crippen LogP contribution >= 0.6 is 15.9 Å². The Morgan fingerprint density at radius 3 is 2.79 bits per heavy atom. The van der Waals surface area contributed by atoms with Crippen LogP contribution in [0.3, 0.4) is 0 Å². The molecule has 0 saturated heterocycles. The minimum Gasteiger partial charge on any atom is -0.380 e. The fourth-order valence-corrected chi connectivity index (χ4v) is 2.35. The van der Waals surface area contributed by atoms with Gasteiger partial charge in [-0.3, -0.25) is 9.36 Å². The van der Waals surface area contributed by atoms with Crippen LogP contribution in [0.2, 0.25) is 0 Å². The average molecular weight is 328 g/mol. The Morgan fingerprint density at radius 1 is 1.47 bits per heavy atom. The molecule has 0 radical (unpaired) electrons. The number of nitrogens with zero attached hydrogens (tertiary/aromatic N) is 5. The molecule has 0 aliphatic heterocycles. The lowest BCUT2D eigenvalue weighted by molar-refractivity contribution is 0.199. The highest BCUT2D eigenvalue weighted by atomic mass is 79.9. The maximum atomic E-state index is 10.4. The molecule has 19 heavy (non-hydrogen) atoms. The van der Waals surface area contributed by atoms with Crippen LogP contribution in [0.15, 0.2) is 22.9 Å². The van der Waals surface area contributed by atoms with Gasteiger partial charge in [0.15, 0.2) is 0 Å². The van der Waals surface area contributed by atoms with Gasteiger partial charge in [-0.05, 0) is 36.1 Å². The van der Waals surface area contributed by atoms with E-state index in [9.17, 15) is 5.11 Å². The monoisotopic (exact) mass is 327 g/mol. The molecule has 0 aliphatic carbocycles. The molecule has 104 valence electrons. The molecule has 0 fully saturated rings. The number of rotatable bonds is 5. The van der Waals surface area contributed by atoms with E-state index >= 15 is 0 Å². The van der Waals surface area contributed by atoms with Crippen molar-refractivity contribution in [3.8, 4) is 0 Å². The Labute approximate surface area is 120 Å². The zero-order valence-electron chi connectivity index (χ0n) is 11.3. The molecule has 0 saturated carbocycles. The molecule has 0 bridgehead atoms. The minimum atomic E-state index is -0.778. The summed E-state index contributed by atoms with van der Waals surface area (Å²) in [6.07, 6.45) is 2.74. The second kappa shape index (κ2) is 5.85. The van der Waals surface area contributed by atoms with Gasteiger partial charge in [0.05, 0.1) is 28.6 Å². The van der Waals surface area contributed by atoms with Gasteiger partial charge in [0.2, 0.25) is 0 Å². The Morgan fingerprint density at radius 2 is 2.21 bits per heavy atom. The summed E-state index contributed by atoms with van der Waals surface area (Å²) >= 11 is 3.44. The SMILES string of the molecule is CN(C)CCn1ncc(Br)c1C(O)c1ccn(C)n1. The number of hydrogen-bond acceptors (Lipinski definition) is 4. The van der Waals surface area contributed by atoms with Crippen LogP contribution in [0, 0.1) is 0 Å². The molecule has 0 aromatic carbocycles. The molecule has 2 rings (SSSR count). The lowest BCUT2D eigenvalue weighted by atomic mass is 10.2. The summed E-state index contributed by atoms with van der Waals surface area (Å²) in [5.41, 5.74) is 1.36. The average Bonchev–Trinajstić information content (AvgIpc) is 2.92. The summed E-state index contributed by atoms with van der Waals surface area (Å²) in [5, 5.41) is 19.0. The van der Waals surface area contributed by atoms with Crippen molar-refractivity contribution in [3.05, 3.63) is 34.3 Å². The predicted octanol–water partition coefficient (Wildman–Crippen LogP) is 1.02. The number of aromatic nitrogens is 4.